The summed E-state index contributed by atoms with van der Waals surface area (Å²) in [7, 11) is 1.92. The number of aromatic nitrogens is 3. The van der Waals surface area contributed by atoms with Crippen molar-refractivity contribution in [3.8, 4) is 0 Å². The third-order valence-corrected chi connectivity index (χ3v) is 2.73. The van der Waals surface area contributed by atoms with E-state index >= 15 is 0 Å². The average molecular weight is 218 g/mol. The van der Waals surface area contributed by atoms with Gasteiger partial charge in [-0.1, -0.05) is 28.1 Å². The Morgan fingerprint density at radius 3 is 2.91 bits per heavy atom. The van der Waals surface area contributed by atoms with E-state index in [1.165, 1.54) is 5.69 Å². The summed E-state index contributed by atoms with van der Waals surface area (Å²) in [5.74, 6) is 0.646. The van der Waals surface area contributed by atoms with Crippen LogP contribution in [0.2, 0.25) is 0 Å². The second kappa shape index (κ2) is 3.85. The first-order valence-corrected chi connectivity index (χ1v) is 4.75. The van der Waals surface area contributed by atoms with Crippen molar-refractivity contribution in [1.82, 2.24) is 15.0 Å². The van der Waals surface area contributed by atoms with Crippen molar-refractivity contribution in [2.24, 2.45) is 13.0 Å². The van der Waals surface area contributed by atoms with E-state index in [0.29, 0.717) is 5.92 Å². The van der Waals surface area contributed by atoms with E-state index in [4.69, 9.17) is 0 Å². The highest BCUT2D eigenvalue weighted by Gasteiger charge is 2.04. The van der Waals surface area contributed by atoms with Gasteiger partial charge in [0.05, 0.1) is 11.9 Å². The summed E-state index contributed by atoms with van der Waals surface area (Å²) in [5, 5.41) is 8.69. The molecular weight excluding hydrogens is 206 g/mol. The minimum absolute atomic E-state index is 0.646. The zero-order valence-electron chi connectivity index (χ0n) is 6.79. The monoisotopic (exact) mass is 217 g/mol. The summed E-state index contributed by atoms with van der Waals surface area (Å²) >= 11 is 3.44. The molecule has 62 valence electrons. The third-order valence-electron chi connectivity index (χ3n) is 1.63. The van der Waals surface area contributed by atoms with Gasteiger partial charge in [-0.25, -0.2) is 0 Å². The molecule has 0 spiro atoms. The van der Waals surface area contributed by atoms with Crippen LogP contribution in [-0.2, 0) is 13.5 Å². The maximum Gasteiger partial charge on any atom is 0.0725 e. The van der Waals surface area contributed by atoms with E-state index in [1.54, 1.807) is 0 Å². The molecule has 0 bridgehead atoms. The molecule has 0 fully saturated rings. The third kappa shape index (κ3) is 2.29. The van der Waals surface area contributed by atoms with Gasteiger partial charge in [0, 0.05) is 12.4 Å². The molecule has 0 aliphatic heterocycles. The smallest absolute Gasteiger partial charge is 0.0725 e. The average Bonchev–Trinajstić information content (AvgIpc) is 2.37. The fourth-order valence-corrected chi connectivity index (χ4v) is 1.14. The molecule has 11 heavy (non-hydrogen) atoms. The molecule has 1 aromatic heterocycles. The first-order chi connectivity index (χ1) is 5.24. The summed E-state index contributed by atoms with van der Waals surface area (Å²) in [4.78, 5) is 0. The highest BCUT2D eigenvalue weighted by atomic mass is 79.9. The van der Waals surface area contributed by atoms with Crippen molar-refractivity contribution >= 4 is 15.9 Å². The van der Waals surface area contributed by atoms with Crippen LogP contribution in [0.15, 0.2) is 6.20 Å². The quantitative estimate of drug-likeness (QED) is 0.717. The summed E-state index contributed by atoms with van der Waals surface area (Å²) in [6.45, 7) is 2.20. The minimum Gasteiger partial charge on any atom is -0.252 e. The fraction of sp³-hybridized carbons (Fsp3) is 0.714. The van der Waals surface area contributed by atoms with E-state index in [1.807, 2.05) is 17.9 Å². The van der Waals surface area contributed by atoms with Crippen LogP contribution in [0.3, 0.4) is 0 Å². The Hall–Kier alpha value is -0.380. The van der Waals surface area contributed by atoms with Crippen molar-refractivity contribution in [1.29, 1.82) is 0 Å². The van der Waals surface area contributed by atoms with Gasteiger partial charge in [0.1, 0.15) is 0 Å². The van der Waals surface area contributed by atoms with Gasteiger partial charge in [-0.15, -0.1) is 5.10 Å². The topological polar surface area (TPSA) is 30.7 Å². The molecule has 0 aliphatic carbocycles. The summed E-state index contributed by atoms with van der Waals surface area (Å²) in [5.41, 5.74) is 1.19. The second-order valence-electron chi connectivity index (χ2n) is 2.81. The first kappa shape index (κ1) is 8.71. The van der Waals surface area contributed by atoms with Crippen molar-refractivity contribution in [2.45, 2.75) is 13.3 Å². The molecule has 1 atom stereocenters. The zero-order chi connectivity index (χ0) is 8.27. The maximum atomic E-state index is 3.86. The molecule has 0 radical (unpaired) electrons. The van der Waals surface area contributed by atoms with Gasteiger partial charge in [-0.05, 0) is 12.3 Å². The van der Waals surface area contributed by atoms with Gasteiger partial charge < -0.3 is 0 Å². The molecule has 0 amide bonds. The largest absolute Gasteiger partial charge is 0.252 e. The molecule has 0 aliphatic rings. The van der Waals surface area contributed by atoms with Crippen LogP contribution in [0.1, 0.15) is 12.6 Å². The zero-order valence-corrected chi connectivity index (χ0v) is 8.37. The molecule has 0 saturated carbocycles. The Morgan fingerprint density at radius 1 is 1.73 bits per heavy atom. The summed E-state index contributed by atoms with van der Waals surface area (Å²) in [6.07, 6.45) is 2.86. The predicted molar refractivity (Wildman–Crippen MR) is 47.7 cm³/mol. The SMILES string of the molecule is CC(CBr)Cc1cnnn1C. The van der Waals surface area contributed by atoms with Gasteiger partial charge in [0.2, 0.25) is 0 Å². The molecule has 0 aromatic carbocycles. The number of alkyl halides is 1. The summed E-state index contributed by atoms with van der Waals surface area (Å²) in [6, 6.07) is 0. The lowest BCUT2D eigenvalue weighted by atomic mass is 10.1. The van der Waals surface area contributed by atoms with Gasteiger partial charge in [0.15, 0.2) is 0 Å². The van der Waals surface area contributed by atoms with Crippen LogP contribution in [0.5, 0.6) is 0 Å². The number of hydrogen-bond acceptors (Lipinski definition) is 2. The van der Waals surface area contributed by atoms with Crippen LogP contribution >= 0.6 is 15.9 Å². The van der Waals surface area contributed by atoms with Crippen LogP contribution in [0.25, 0.3) is 0 Å². The second-order valence-corrected chi connectivity index (χ2v) is 3.46. The molecule has 1 aromatic rings. The Labute approximate surface area is 74.9 Å². The lowest BCUT2D eigenvalue weighted by molar-refractivity contribution is 0.599. The fourth-order valence-electron chi connectivity index (χ4n) is 0.907. The van der Waals surface area contributed by atoms with E-state index in [2.05, 4.69) is 33.2 Å². The van der Waals surface area contributed by atoms with Gasteiger partial charge in [-0.3, -0.25) is 4.68 Å². The van der Waals surface area contributed by atoms with E-state index in [0.717, 1.165) is 11.8 Å². The van der Waals surface area contributed by atoms with Gasteiger partial charge in [-0.2, -0.15) is 0 Å². The molecule has 0 saturated heterocycles. The van der Waals surface area contributed by atoms with Crippen LogP contribution in [0.4, 0.5) is 0 Å². The minimum atomic E-state index is 0.646. The van der Waals surface area contributed by atoms with Crippen molar-refractivity contribution in [3.63, 3.8) is 0 Å². The number of hydrogen-bond donors (Lipinski definition) is 0. The van der Waals surface area contributed by atoms with Gasteiger partial charge in [0.25, 0.3) is 0 Å². The standard InChI is InChI=1S/C7H12BrN3/c1-6(4-8)3-7-5-9-10-11(7)2/h5-6H,3-4H2,1-2H3. The molecule has 1 heterocycles. The highest BCUT2D eigenvalue weighted by Crippen LogP contribution is 2.07. The Morgan fingerprint density at radius 2 is 2.45 bits per heavy atom. The van der Waals surface area contributed by atoms with E-state index in [-0.39, 0.29) is 0 Å². The van der Waals surface area contributed by atoms with Crippen molar-refractivity contribution < 1.29 is 0 Å². The van der Waals surface area contributed by atoms with E-state index in [9.17, 15) is 0 Å². The number of nitrogens with zero attached hydrogens (tertiary/aromatic N) is 3. The molecular formula is C7H12BrN3. The first-order valence-electron chi connectivity index (χ1n) is 3.63. The van der Waals surface area contributed by atoms with Gasteiger partial charge >= 0.3 is 0 Å². The van der Waals surface area contributed by atoms with Crippen LogP contribution in [0, 0.1) is 5.92 Å². The highest BCUT2D eigenvalue weighted by molar-refractivity contribution is 9.09. The number of aryl methyl sites for hydroxylation is 1. The van der Waals surface area contributed by atoms with Crippen molar-refractivity contribution in [2.75, 3.05) is 5.33 Å². The maximum absolute atomic E-state index is 3.86. The van der Waals surface area contributed by atoms with Crippen LogP contribution in [-0.4, -0.2) is 20.3 Å². The van der Waals surface area contributed by atoms with E-state index < -0.39 is 0 Å². The molecule has 3 nitrogen and oxygen atoms in total. The predicted octanol–water partition coefficient (Wildman–Crippen LogP) is 1.39. The molecule has 4 heteroatoms. The number of halogens is 1. The lowest BCUT2D eigenvalue weighted by Gasteiger charge is -2.05. The Balaban J connectivity index is 2.56. The summed E-state index contributed by atoms with van der Waals surface area (Å²) < 4.78 is 1.82. The lowest BCUT2D eigenvalue weighted by Crippen LogP contribution is -2.05. The molecule has 1 rings (SSSR count). The Bertz CT molecular complexity index is 221. The molecule has 1 unspecified atom stereocenters. The molecule has 0 N–H and O–H groups in total. The van der Waals surface area contributed by atoms with Crippen molar-refractivity contribution in [3.05, 3.63) is 11.9 Å². The number of rotatable bonds is 3. The van der Waals surface area contributed by atoms with Crippen LogP contribution < -0.4 is 0 Å². The Kier molecular flexibility index (Phi) is 3.05. The normalized spacial score (nSPS) is 13.4.